The summed E-state index contributed by atoms with van der Waals surface area (Å²) in [6.07, 6.45) is 0.102. The number of cyclic esters (lactones) is 1. The number of nitrogens with one attached hydrogen (secondary N) is 2. The zero-order chi connectivity index (χ0) is 24.9. The smallest absolute Gasteiger partial charge is 0.414 e. The second kappa shape index (κ2) is 11.1. The van der Waals surface area contributed by atoms with E-state index in [0.29, 0.717) is 15.8 Å². The first kappa shape index (κ1) is 26.5. The third-order valence-corrected chi connectivity index (χ3v) is 12.0. The summed E-state index contributed by atoms with van der Waals surface area (Å²) in [5.41, 5.74) is 1.75. The molecule has 1 fully saturated rings. The van der Waals surface area contributed by atoms with Crippen LogP contribution in [-0.4, -0.2) is 52.7 Å². The van der Waals surface area contributed by atoms with E-state index in [2.05, 4.69) is 44.5 Å². The molecular formula is C24H34ClN3O4SSi. The lowest BCUT2D eigenvalue weighted by molar-refractivity contribution is 0.0920. The Labute approximate surface area is 211 Å². The van der Waals surface area contributed by atoms with Crippen LogP contribution in [0.4, 0.5) is 16.2 Å². The minimum absolute atomic E-state index is 0.218. The minimum atomic E-state index is -1.70. The van der Waals surface area contributed by atoms with Gasteiger partial charge < -0.3 is 19.8 Å². The van der Waals surface area contributed by atoms with Crippen molar-refractivity contribution in [2.75, 3.05) is 36.5 Å². The highest BCUT2D eigenvalue weighted by Crippen LogP contribution is 2.36. The van der Waals surface area contributed by atoms with Gasteiger partial charge in [0.25, 0.3) is 5.91 Å². The fourth-order valence-electron chi connectivity index (χ4n) is 3.18. The monoisotopic (exact) mass is 523 g/mol. The summed E-state index contributed by atoms with van der Waals surface area (Å²) in [5.74, 6) is -0.225. The molecule has 34 heavy (non-hydrogen) atoms. The van der Waals surface area contributed by atoms with E-state index in [0.717, 1.165) is 30.9 Å². The summed E-state index contributed by atoms with van der Waals surface area (Å²) in [7, 11) is -1.70. The maximum Gasteiger partial charge on any atom is 0.414 e. The zero-order valence-electron chi connectivity index (χ0n) is 20.4. The van der Waals surface area contributed by atoms with Gasteiger partial charge in [0.2, 0.25) is 0 Å². The standard InChI is InChI=1S/C24H34ClN3O4SSi/c1-24(2,3)34(4,5)31-14-6-13-26-17-7-9-18(10-8-17)28-16-19(32-23(28)30)15-27-22(29)20-11-12-21(25)33-20/h7-12,19,26H,6,13-16H2,1-5H3,(H,27,29)/t19-/m0/s1. The van der Waals surface area contributed by atoms with Gasteiger partial charge >= 0.3 is 6.09 Å². The number of rotatable bonds is 10. The molecule has 2 N–H and O–H groups in total. The van der Waals surface area contributed by atoms with E-state index >= 15 is 0 Å². The van der Waals surface area contributed by atoms with Gasteiger partial charge in [0, 0.05) is 24.5 Å². The molecule has 3 rings (SSSR count). The van der Waals surface area contributed by atoms with E-state index < -0.39 is 20.5 Å². The SMILES string of the molecule is CC(C)(C)[Si](C)(C)OCCCNc1ccc(N2C[C@H](CNC(=O)c3ccc(Cl)s3)OC2=O)cc1. The molecule has 2 aromatic rings. The van der Waals surface area contributed by atoms with Crippen molar-refractivity contribution in [1.29, 1.82) is 0 Å². The van der Waals surface area contributed by atoms with Crippen molar-refractivity contribution in [3.05, 3.63) is 45.6 Å². The molecule has 0 aliphatic carbocycles. The predicted octanol–water partition coefficient (Wildman–Crippen LogP) is 5.98. The van der Waals surface area contributed by atoms with Crippen molar-refractivity contribution in [3.8, 4) is 0 Å². The van der Waals surface area contributed by atoms with Crippen molar-refractivity contribution in [2.24, 2.45) is 0 Å². The van der Waals surface area contributed by atoms with Crippen LogP contribution >= 0.6 is 22.9 Å². The highest BCUT2D eigenvalue weighted by Gasteiger charge is 2.36. The number of hydrogen-bond acceptors (Lipinski definition) is 6. The molecule has 0 unspecified atom stereocenters. The highest BCUT2D eigenvalue weighted by molar-refractivity contribution is 7.18. The van der Waals surface area contributed by atoms with Crippen molar-refractivity contribution in [1.82, 2.24) is 5.32 Å². The number of benzene rings is 1. The summed E-state index contributed by atoms with van der Waals surface area (Å²) in [4.78, 5) is 26.6. The number of anilines is 2. The number of thiophene rings is 1. The molecule has 1 atom stereocenters. The Balaban J connectivity index is 1.41. The number of carbonyl (C=O) groups is 2. The Kier molecular flexibility index (Phi) is 8.67. The van der Waals surface area contributed by atoms with Crippen LogP contribution in [0.5, 0.6) is 0 Å². The average Bonchev–Trinajstić information content (AvgIpc) is 3.37. The molecule has 1 aromatic heterocycles. The quantitative estimate of drug-likeness (QED) is 0.296. The largest absolute Gasteiger partial charge is 0.442 e. The number of hydrogen-bond donors (Lipinski definition) is 2. The van der Waals surface area contributed by atoms with Gasteiger partial charge in [0.15, 0.2) is 8.32 Å². The van der Waals surface area contributed by atoms with Crippen molar-refractivity contribution in [2.45, 2.75) is 51.4 Å². The van der Waals surface area contributed by atoms with Crippen LogP contribution in [0, 0.1) is 0 Å². The topological polar surface area (TPSA) is 79.9 Å². The lowest BCUT2D eigenvalue weighted by Gasteiger charge is -2.36. The number of carbonyl (C=O) groups excluding carboxylic acids is 2. The first-order valence-corrected chi connectivity index (χ1v) is 15.6. The summed E-state index contributed by atoms with van der Waals surface area (Å²) >= 11 is 7.09. The molecular weight excluding hydrogens is 490 g/mol. The summed E-state index contributed by atoms with van der Waals surface area (Å²) in [6, 6.07) is 11.0. The van der Waals surface area contributed by atoms with Gasteiger partial charge in [-0.2, -0.15) is 0 Å². The Hall–Kier alpha value is -2.07. The third kappa shape index (κ3) is 6.97. The highest BCUT2D eigenvalue weighted by atomic mass is 35.5. The van der Waals surface area contributed by atoms with Crippen LogP contribution in [-0.2, 0) is 9.16 Å². The van der Waals surface area contributed by atoms with Crippen LogP contribution in [0.15, 0.2) is 36.4 Å². The van der Waals surface area contributed by atoms with E-state index in [1.54, 1.807) is 17.0 Å². The van der Waals surface area contributed by atoms with Crippen LogP contribution < -0.4 is 15.5 Å². The van der Waals surface area contributed by atoms with E-state index in [1.165, 1.54) is 11.3 Å². The Morgan fingerprint density at radius 3 is 2.56 bits per heavy atom. The molecule has 1 aliphatic rings. The maximum absolute atomic E-state index is 12.3. The lowest BCUT2D eigenvalue weighted by Crippen LogP contribution is -2.41. The van der Waals surface area contributed by atoms with Crippen molar-refractivity contribution in [3.63, 3.8) is 0 Å². The number of nitrogens with zero attached hydrogens (tertiary/aromatic N) is 1. The van der Waals surface area contributed by atoms with Gasteiger partial charge in [-0.05, 0) is 61.0 Å². The predicted molar refractivity (Wildman–Crippen MR) is 142 cm³/mol. The summed E-state index contributed by atoms with van der Waals surface area (Å²) in [5, 5.41) is 6.42. The normalized spacial score (nSPS) is 16.5. The molecule has 0 bridgehead atoms. The first-order chi connectivity index (χ1) is 16.0. The fourth-order valence-corrected chi connectivity index (χ4v) is 5.22. The molecule has 186 valence electrons. The summed E-state index contributed by atoms with van der Waals surface area (Å²) < 4.78 is 12.2. The van der Waals surface area contributed by atoms with E-state index in [9.17, 15) is 9.59 Å². The Bertz CT molecular complexity index is 991. The lowest BCUT2D eigenvalue weighted by atomic mass is 10.2. The van der Waals surface area contributed by atoms with Crippen LogP contribution in [0.3, 0.4) is 0 Å². The molecule has 1 aromatic carbocycles. The number of ether oxygens (including phenoxy) is 1. The van der Waals surface area contributed by atoms with Crippen LogP contribution in [0.2, 0.25) is 22.5 Å². The maximum atomic E-state index is 12.3. The second-order valence-electron chi connectivity index (χ2n) is 9.87. The van der Waals surface area contributed by atoms with Crippen LogP contribution in [0.1, 0.15) is 36.9 Å². The Morgan fingerprint density at radius 2 is 1.94 bits per heavy atom. The average molecular weight is 524 g/mol. The molecule has 0 spiro atoms. The van der Waals surface area contributed by atoms with Crippen molar-refractivity contribution < 1.29 is 18.8 Å². The molecule has 1 aliphatic heterocycles. The van der Waals surface area contributed by atoms with Gasteiger partial charge in [-0.15, -0.1) is 11.3 Å². The van der Waals surface area contributed by atoms with Gasteiger partial charge in [0.1, 0.15) is 6.10 Å². The molecule has 1 saturated heterocycles. The van der Waals surface area contributed by atoms with Crippen molar-refractivity contribution >= 4 is 54.6 Å². The minimum Gasteiger partial charge on any atom is -0.442 e. The van der Waals surface area contributed by atoms with Gasteiger partial charge in [-0.25, -0.2) is 4.79 Å². The van der Waals surface area contributed by atoms with Crippen LogP contribution in [0.25, 0.3) is 0 Å². The third-order valence-electron chi connectivity index (χ3n) is 6.26. The molecule has 7 nitrogen and oxygen atoms in total. The number of amides is 2. The molecule has 0 radical (unpaired) electrons. The van der Waals surface area contributed by atoms with Gasteiger partial charge in [-0.1, -0.05) is 32.4 Å². The number of halogens is 1. The molecule has 2 amide bonds. The summed E-state index contributed by atoms with van der Waals surface area (Å²) in [6.45, 7) is 13.4. The Morgan fingerprint density at radius 1 is 1.24 bits per heavy atom. The van der Waals surface area contributed by atoms with E-state index in [-0.39, 0.29) is 17.5 Å². The van der Waals surface area contributed by atoms with E-state index in [1.807, 2.05) is 24.3 Å². The zero-order valence-corrected chi connectivity index (χ0v) is 23.0. The van der Waals surface area contributed by atoms with Gasteiger partial charge in [-0.3, -0.25) is 9.69 Å². The molecule has 10 heteroatoms. The van der Waals surface area contributed by atoms with E-state index in [4.69, 9.17) is 20.8 Å². The first-order valence-electron chi connectivity index (χ1n) is 11.5. The van der Waals surface area contributed by atoms with Gasteiger partial charge in [0.05, 0.1) is 22.3 Å². The fraction of sp³-hybridized carbons (Fsp3) is 0.500. The second-order valence-corrected chi connectivity index (χ2v) is 16.4. The molecule has 0 saturated carbocycles. The molecule has 2 heterocycles.